The number of carboxylic acid groups (broad SMARTS) is 1. The molecular weight excluding hydrogens is 216 g/mol. The van der Waals surface area contributed by atoms with Crippen molar-refractivity contribution in [3.05, 3.63) is 24.3 Å². The normalized spacial score (nSPS) is 15.1. The minimum atomic E-state index is -0.756. The Bertz CT molecular complexity index is 429. The number of fused-ring (bicyclic) bond motifs is 1. The monoisotopic (exact) mass is 234 g/mol. The van der Waals surface area contributed by atoms with Crippen LogP contribution in [0.15, 0.2) is 24.3 Å². The third-order valence-electron chi connectivity index (χ3n) is 3.11. The number of anilines is 2. The maximum absolute atomic E-state index is 11.2. The Balaban J connectivity index is 2.22. The number of aliphatic carboxylic acids is 1. The van der Waals surface area contributed by atoms with Crippen molar-refractivity contribution in [2.45, 2.75) is 13.8 Å². The molecule has 0 aliphatic carbocycles. The van der Waals surface area contributed by atoms with E-state index in [9.17, 15) is 9.90 Å². The highest BCUT2D eigenvalue weighted by Gasteiger charge is 2.31. The Kier molecular flexibility index (Phi) is 2.96. The topological polar surface area (TPSA) is 52.6 Å². The van der Waals surface area contributed by atoms with Gasteiger partial charge in [0.15, 0.2) is 0 Å². The van der Waals surface area contributed by atoms with Gasteiger partial charge in [0.25, 0.3) is 0 Å². The molecule has 1 aliphatic rings. The van der Waals surface area contributed by atoms with Crippen LogP contribution < -0.4 is 10.2 Å². The van der Waals surface area contributed by atoms with Gasteiger partial charge in [-0.25, -0.2) is 0 Å². The van der Waals surface area contributed by atoms with Gasteiger partial charge < -0.3 is 15.3 Å². The molecule has 0 unspecified atom stereocenters. The van der Waals surface area contributed by atoms with Crippen LogP contribution in [0.2, 0.25) is 0 Å². The highest BCUT2D eigenvalue weighted by Crippen LogP contribution is 2.31. The number of hydrogen-bond acceptors (Lipinski definition) is 3. The summed E-state index contributed by atoms with van der Waals surface area (Å²) in [5, 5.41) is 12.5. The summed E-state index contributed by atoms with van der Waals surface area (Å²) in [5.41, 5.74) is 1.44. The van der Waals surface area contributed by atoms with Gasteiger partial charge >= 0.3 is 5.97 Å². The van der Waals surface area contributed by atoms with Gasteiger partial charge in [-0.15, -0.1) is 0 Å². The molecule has 17 heavy (non-hydrogen) atoms. The summed E-state index contributed by atoms with van der Waals surface area (Å²) in [4.78, 5) is 13.3. The second-order valence-corrected chi connectivity index (χ2v) is 5.05. The molecule has 0 fully saturated rings. The largest absolute Gasteiger partial charge is 0.481 e. The van der Waals surface area contributed by atoms with Crippen molar-refractivity contribution in [1.29, 1.82) is 0 Å². The first-order chi connectivity index (χ1) is 8.00. The first-order valence-electron chi connectivity index (χ1n) is 5.82. The lowest BCUT2D eigenvalue weighted by Gasteiger charge is -2.36. The van der Waals surface area contributed by atoms with Crippen molar-refractivity contribution in [3.63, 3.8) is 0 Å². The zero-order valence-electron chi connectivity index (χ0n) is 10.2. The molecule has 92 valence electrons. The molecule has 0 spiro atoms. The highest BCUT2D eigenvalue weighted by molar-refractivity contribution is 5.77. The van der Waals surface area contributed by atoms with Gasteiger partial charge in [0.1, 0.15) is 0 Å². The van der Waals surface area contributed by atoms with Gasteiger partial charge in [0.05, 0.1) is 16.8 Å². The molecule has 1 aromatic rings. The zero-order valence-corrected chi connectivity index (χ0v) is 10.2. The van der Waals surface area contributed by atoms with E-state index in [-0.39, 0.29) is 0 Å². The number of benzene rings is 1. The van der Waals surface area contributed by atoms with E-state index in [1.165, 1.54) is 0 Å². The standard InChI is InChI=1S/C13H18N2O2/c1-13(2,12(16)17)9-15-8-7-14-10-5-3-4-6-11(10)15/h3-6,14H,7-9H2,1-2H3,(H,16,17). The van der Waals surface area contributed by atoms with Crippen LogP contribution in [0, 0.1) is 5.41 Å². The van der Waals surface area contributed by atoms with E-state index in [1.807, 2.05) is 24.3 Å². The van der Waals surface area contributed by atoms with Crippen molar-refractivity contribution in [2.75, 3.05) is 29.9 Å². The maximum atomic E-state index is 11.2. The van der Waals surface area contributed by atoms with Crippen molar-refractivity contribution in [3.8, 4) is 0 Å². The van der Waals surface area contributed by atoms with Crippen LogP contribution in [0.25, 0.3) is 0 Å². The number of nitrogens with one attached hydrogen (secondary N) is 1. The average molecular weight is 234 g/mol. The van der Waals surface area contributed by atoms with E-state index in [2.05, 4.69) is 10.2 Å². The molecule has 1 aliphatic heterocycles. The molecule has 0 saturated heterocycles. The lowest BCUT2D eigenvalue weighted by molar-refractivity contribution is -0.146. The number of nitrogens with zero attached hydrogens (tertiary/aromatic N) is 1. The van der Waals surface area contributed by atoms with E-state index in [0.717, 1.165) is 24.5 Å². The van der Waals surface area contributed by atoms with Gasteiger partial charge in [-0.2, -0.15) is 0 Å². The highest BCUT2D eigenvalue weighted by atomic mass is 16.4. The molecule has 0 atom stereocenters. The molecule has 0 radical (unpaired) electrons. The molecule has 0 bridgehead atoms. The van der Waals surface area contributed by atoms with Gasteiger partial charge in [-0.1, -0.05) is 12.1 Å². The Morgan fingerprint density at radius 2 is 2.18 bits per heavy atom. The lowest BCUT2D eigenvalue weighted by Crippen LogP contribution is -2.43. The van der Waals surface area contributed by atoms with Crippen LogP contribution in [0.4, 0.5) is 11.4 Å². The molecule has 0 saturated carbocycles. The second-order valence-electron chi connectivity index (χ2n) is 5.05. The van der Waals surface area contributed by atoms with Crippen LogP contribution in [0.1, 0.15) is 13.8 Å². The Labute approximate surface area is 101 Å². The summed E-state index contributed by atoms with van der Waals surface area (Å²) < 4.78 is 0. The lowest BCUT2D eigenvalue weighted by atomic mass is 9.92. The van der Waals surface area contributed by atoms with Crippen LogP contribution >= 0.6 is 0 Å². The molecule has 1 heterocycles. The Hall–Kier alpha value is -1.71. The summed E-state index contributed by atoms with van der Waals surface area (Å²) in [6.45, 7) is 5.75. The quantitative estimate of drug-likeness (QED) is 0.840. The summed E-state index contributed by atoms with van der Waals surface area (Å²) in [7, 11) is 0. The molecular formula is C13H18N2O2. The maximum Gasteiger partial charge on any atom is 0.310 e. The minimum absolute atomic E-state index is 0.529. The smallest absolute Gasteiger partial charge is 0.310 e. The third-order valence-corrected chi connectivity index (χ3v) is 3.11. The molecule has 0 aromatic heterocycles. The fourth-order valence-corrected chi connectivity index (χ4v) is 2.05. The van der Waals surface area contributed by atoms with E-state index in [0.29, 0.717) is 6.54 Å². The molecule has 2 N–H and O–H groups in total. The fourth-order valence-electron chi connectivity index (χ4n) is 2.05. The van der Waals surface area contributed by atoms with Crippen LogP contribution in [0.3, 0.4) is 0 Å². The number of carbonyl (C=O) groups is 1. The van der Waals surface area contributed by atoms with Crippen molar-refractivity contribution in [2.24, 2.45) is 5.41 Å². The number of para-hydroxylation sites is 2. The molecule has 2 rings (SSSR count). The van der Waals surface area contributed by atoms with Gasteiger partial charge in [0, 0.05) is 19.6 Å². The third kappa shape index (κ3) is 2.35. The minimum Gasteiger partial charge on any atom is -0.481 e. The first kappa shape index (κ1) is 11.8. The van der Waals surface area contributed by atoms with Crippen molar-refractivity contribution < 1.29 is 9.90 Å². The van der Waals surface area contributed by atoms with Gasteiger partial charge in [-0.3, -0.25) is 4.79 Å². The zero-order chi connectivity index (χ0) is 12.5. The molecule has 4 heteroatoms. The molecule has 1 aromatic carbocycles. The predicted octanol–water partition coefficient (Wildman–Crippen LogP) is 2.03. The Morgan fingerprint density at radius 3 is 2.88 bits per heavy atom. The molecule has 4 nitrogen and oxygen atoms in total. The second kappa shape index (κ2) is 4.28. The first-order valence-corrected chi connectivity index (χ1v) is 5.82. The SMILES string of the molecule is CC(C)(CN1CCNc2ccccc21)C(=O)O. The number of carboxylic acids is 1. The fraction of sp³-hybridized carbons (Fsp3) is 0.462. The number of hydrogen-bond donors (Lipinski definition) is 2. The van der Waals surface area contributed by atoms with Crippen molar-refractivity contribution >= 4 is 17.3 Å². The van der Waals surface area contributed by atoms with Crippen LogP contribution in [0.5, 0.6) is 0 Å². The van der Waals surface area contributed by atoms with E-state index in [1.54, 1.807) is 13.8 Å². The summed E-state index contributed by atoms with van der Waals surface area (Å²) in [6, 6.07) is 8.01. The predicted molar refractivity (Wildman–Crippen MR) is 68.6 cm³/mol. The average Bonchev–Trinajstić information content (AvgIpc) is 2.29. The Morgan fingerprint density at radius 1 is 1.47 bits per heavy atom. The summed E-state index contributed by atoms with van der Waals surface area (Å²) >= 11 is 0. The van der Waals surface area contributed by atoms with Crippen LogP contribution in [-0.2, 0) is 4.79 Å². The van der Waals surface area contributed by atoms with E-state index >= 15 is 0 Å². The summed E-state index contributed by atoms with van der Waals surface area (Å²) in [6.07, 6.45) is 0. The number of rotatable bonds is 3. The summed E-state index contributed by atoms with van der Waals surface area (Å²) in [5.74, 6) is -0.756. The van der Waals surface area contributed by atoms with E-state index < -0.39 is 11.4 Å². The van der Waals surface area contributed by atoms with Crippen molar-refractivity contribution in [1.82, 2.24) is 0 Å². The van der Waals surface area contributed by atoms with Gasteiger partial charge in [0.2, 0.25) is 0 Å². The van der Waals surface area contributed by atoms with E-state index in [4.69, 9.17) is 0 Å². The van der Waals surface area contributed by atoms with Gasteiger partial charge in [-0.05, 0) is 26.0 Å². The van der Waals surface area contributed by atoms with Crippen LogP contribution in [-0.4, -0.2) is 30.7 Å². The molecule has 0 amide bonds.